The van der Waals surface area contributed by atoms with Crippen LogP contribution in [0, 0.1) is 5.82 Å². The highest BCUT2D eigenvalue weighted by Crippen LogP contribution is 2.23. The molecule has 1 N–H and O–H groups in total. The smallest absolute Gasteiger partial charge is 0.255 e. The minimum atomic E-state index is -0.245. The van der Waals surface area contributed by atoms with E-state index in [2.05, 4.69) is 10.2 Å². The fourth-order valence-corrected chi connectivity index (χ4v) is 3.33. The van der Waals surface area contributed by atoms with Crippen LogP contribution in [-0.4, -0.2) is 49.8 Å². The lowest BCUT2D eigenvalue weighted by molar-refractivity contribution is -0.0292. The lowest BCUT2D eigenvalue weighted by Gasteiger charge is -2.33. The third-order valence-corrected chi connectivity index (χ3v) is 4.75. The van der Waals surface area contributed by atoms with Gasteiger partial charge in [-0.15, -0.1) is 0 Å². The summed E-state index contributed by atoms with van der Waals surface area (Å²) >= 11 is 6.03. The number of rotatable bonds is 7. The first-order chi connectivity index (χ1) is 13.5. The number of hydrogen-bond donors (Lipinski definition) is 1. The van der Waals surface area contributed by atoms with Gasteiger partial charge in [0.15, 0.2) is 0 Å². The molecular formula is C21H24ClFN2O3. The maximum atomic E-state index is 13.1. The molecule has 2 aromatic rings. The Morgan fingerprint density at radius 3 is 2.86 bits per heavy atom. The zero-order valence-corrected chi connectivity index (χ0v) is 16.5. The predicted molar refractivity (Wildman–Crippen MR) is 106 cm³/mol. The summed E-state index contributed by atoms with van der Waals surface area (Å²) in [4.78, 5) is 14.8. The number of hydrogen-bond acceptors (Lipinski definition) is 4. The monoisotopic (exact) mass is 406 g/mol. The number of morpholine rings is 1. The van der Waals surface area contributed by atoms with E-state index in [0.29, 0.717) is 42.6 Å². The SMILES string of the molecule is CCOc1ccc(Cl)cc1C(=O)NCC1CN(Cc2ccc(F)cc2)CCO1. The van der Waals surface area contributed by atoms with Crippen molar-refractivity contribution in [3.05, 3.63) is 64.4 Å². The van der Waals surface area contributed by atoms with Crippen molar-refractivity contribution in [2.75, 3.05) is 32.8 Å². The molecule has 0 spiro atoms. The number of nitrogens with one attached hydrogen (secondary N) is 1. The molecule has 0 bridgehead atoms. The molecule has 1 aliphatic heterocycles. The van der Waals surface area contributed by atoms with Crippen LogP contribution in [0.4, 0.5) is 4.39 Å². The molecule has 0 aliphatic carbocycles. The van der Waals surface area contributed by atoms with E-state index in [4.69, 9.17) is 21.1 Å². The van der Waals surface area contributed by atoms with E-state index in [9.17, 15) is 9.18 Å². The Bertz CT molecular complexity index is 801. The average molecular weight is 407 g/mol. The van der Waals surface area contributed by atoms with Crippen LogP contribution in [0.3, 0.4) is 0 Å². The van der Waals surface area contributed by atoms with Crippen molar-refractivity contribution in [3.8, 4) is 5.75 Å². The van der Waals surface area contributed by atoms with Gasteiger partial charge in [0.05, 0.1) is 24.9 Å². The molecule has 1 fully saturated rings. The van der Waals surface area contributed by atoms with Crippen LogP contribution < -0.4 is 10.1 Å². The Balaban J connectivity index is 1.54. The molecule has 28 heavy (non-hydrogen) atoms. The van der Waals surface area contributed by atoms with E-state index in [-0.39, 0.29) is 17.8 Å². The van der Waals surface area contributed by atoms with Crippen molar-refractivity contribution in [3.63, 3.8) is 0 Å². The normalized spacial score (nSPS) is 17.3. The predicted octanol–water partition coefficient (Wildman–Crippen LogP) is 3.51. The molecule has 0 aromatic heterocycles. The van der Waals surface area contributed by atoms with E-state index in [1.165, 1.54) is 12.1 Å². The molecule has 1 amide bonds. The first kappa shape index (κ1) is 20.6. The van der Waals surface area contributed by atoms with Crippen molar-refractivity contribution in [2.45, 2.75) is 19.6 Å². The zero-order valence-electron chi connectivity index (χ0n) is 15.8. The topological polar surface area (TPSA) is 50.8 Å². The number of amides is 1. The molecule has 2 aromatic carbocycles. The van der Waals surface area contributed by atoms with Gasteiger partial charge in [0.1, 0.15) is 11.6 Å². The first-order valence-electron chi connectivity index (χ1n) is 9.34. The van der Waals surface area contributed by atoms with Gasteiger partial charge in [0.2, 0.25) is 0 Å². The van der Waals surface area contributed by atoms with Gasteiger partial charge in [0.25, 0.3) is 5.91 Å². The lowest BCUT2D eigenvalue weighted by atomic mass is 10.1. The lowest BCUT2D eigenvalue weighted by Crippen LogP contribution is -2.47. The third kappa shape index (κ3) is 5.67. The van der Waals surface area contributed by atoms with Gasteiger partial charge >= 0.3 is 0 Å². The van der Waals surface area contributed by atoms with Crippen LogP contribution in [0.25, 0.3) is 0 Å². The summed E-state index contributed by atoms with van der Waals surface area (Å²) < 4.78 is 24.3. The van der Waals surface area contributed by atoms with E-state index in [1.807, 2.05) is 6.92 Å². The fourth-order valence-electron chi connectivity index (χ4n) is 3.16. The number of nitrogens with zero attached hydrogens (tertiary/aromatic N) is 1. The summed E-state index contributed by atoms with van der Waals surface area (Å²) in [5.74, 6) is 0.0239. The van der Waals surface area contributed by atoms with Crippen molar-refractivity contribution in [1.29, 1.82) is 0 Å². The Labute approximate surface area is 169 Å². The van der Waals surface area contributed by atoms with Gasteiger partial charge in [-0.05, 0) is 42.8 Å². The molecule has 7 heteroatoms. The highest BCUT2D eigenvalue weighted by atomic mass is 35.5. The molecule has 0 saturated carbocycles. The molecule has 5 nitrogen and oxygen atoms in total. The Hall–Kier alpha value is -2.15. The summed E-state index contributed by atoms with van der Waals surface area (Å²) in [5, 5.41) is 3.39. The number of carbonyl (C=O) groups excluding carboxylic acids is 1. The van der Waals surface area contributed by atoms with Crippen LogP contribution in [0.2, 0.25) is 5.02 Å². The van der Waals surface area contributed by atoms with Crippen LogP contribution >= 0.6 is 11.6 Å². The first-order valence-corrected chi connectivity index (χ1v) is 9.72. The Morgan fingerprint density at radius 1 is 1.32 bits per heavy atom. The van der Waals surface area contributed by atoms with Crippen molar-refractivity contribution in [1.82, 2.24) is 10.2 Å². The van der Waals surface area contributed by atoms with Crippen molar-refractivity contribution >= 4 is 17.5 Å². The summed E-state index contributed by atoms with van der Waals surface area (Å²) in [7, 11) is 0. The summed E-state index contributed by atoms with van der Waals surface area (Å²) in [6.07, 6.45) is -0.118. The largest absolute Gasteiger partial charge is 0.493 e. The molecule has 1 saturated heterocycles. The van der Waals surface area contributed by atoms with Crippen LogP contribution in [0.5, 0.6) is 5.75 Å². The van der Waals surface area contributed by atoms with E-state index >= 15 is 0 Å². The average Bonchev–Trinajstić information content (AvgIpc) is 2.70. The van der Waals surface area contributed by atoms with Gasteiger partial charge in [-0.3, -0.25) is 9.69 Å². The second-order valence-corrected chi connectivity index (χ2v) is 7.07. The van der Waals surface area contributed by atoms with E-state index < -0.39 is 0 Å². The van der Waals surface area contributed by atoms with Gasteiger partial charge in [-0.1, -0.05) is 23.7 Å². The standard InChI is InChI=1S/C21H24ClFN2O3/c1-2-27-20-8-5-16(22)11-19(20)21(26)24-12-18-14-25(9-10-28-18)13-15-3-6-17(23)7-4-15/h3-8,11,18H,2,9-10,12-14H2,1H3,(H,24,26). The molecule has 3 rings (SSSR count). The highest BCUT2D eigenvalue weighted by Gasteiger charge is 2.22. The number of carbonyl (C=O) groups is 1. The van der Waals surface area contributed by atoms with Crippen LogP contribution in [0.15, 0.2) is 42.5 Å². The molecule has 1 unspecified atom stereocenters. The third-order valence-electron chi connectivity index (χ3n) is 4.52. The number of halogens is 2. The summed E-state index contributed by atoms with van der Waals surface area (Å²) in [5.41, 5.74) is 1.46. The maximum Gasteiger partial charge on any atom is 0.255 e. The quantitative estimate of drug-likeness (QED) is 0.764. The number of ether oxygens (including phenoxy) is 2. The zero-order chi connectivity index (χ0) is 19.9. The van der Waals surface area contributed by atoms with Crippen molar-refractivity contribution in [2.24, 2.45) is 0 Å². The van der Waals surface area contributed by atoms with E-state index in [1.54, 1.807) is 30.3 Å². The second kappa shape index (κ2) is 9.87. The minimum Gasteiger partial charge on any atom is -0.493 e. The Morgan fingerprint density at radius 2 is 2.11 bits per heavy atom. The molecular weight excluding hydrogens is 383 g/mol. The van der Waals surface area contributed by atoms with Gasteiger partial charge < -0.3 is 14.8 Å². The second-order valence-electron chi connectivity index (χ2n) is 6.64. The molecule has 1 aliphatic rings. The maximum absolute atomic E-state index is 13.1. The van der Waals surface area contributed by atoms with Crippen LogP contribution in [-0.2, 0) is 11.3 Å². The van der Waals surface area contributed by atoms with Gasteiger partial charge in [-0.2, -0.15) is 0 Å². The summed E-state index contributed by atoms with van der Waals surface area (Å²) in [6.45, 7) is 5.50. The number of benzene rings is 2. The van der Waals surface area contributed by atoms with E-state index in [0.717, 1.165) is 18.7 Å². The van der Waals surface area contributed by atoms with Gasteiger partial charge in [-0.25, -0.2) is 4.39 Å². The van der Waals surface area contributed by atoms with Gasteiger partial charge in [0, 0.05) is 31.2 Å². The Kier molecular flexibility index (Phi) is 7.25. The minimum absolute atomic E-state index is 0.118. The fraction of sp³-hybridized carbons (Fsp3) is 0.381. The molecule has 1 heterocycles. The molecule has 0 radical (unpaired) electrons. The van der Waals surface area contributed by atoms with Crippen molar-refractivity contribution < 1.29 is 18.7 Å². The molecule has 1 atom stereocenters. The highest BCUT2D eigenvalue weighted by molar-refractivity contribution is 6.31. The molecule has 150 valence electrons. The van der Waals surface area contributed by atoms with Crippen LogP contribution in [0.1, 0.15) is 22.8 Å². The summed E-state index contributed by atoms with van der Waals surface area (Å²) in [6, 6.07) is 11.5.